The second-order valence-corrected chi connectivity index (χ2v) is 2.38. The average Bonchev–Trinajstić information content (AvgIpc) is 2.66. The van der Waals surface area contributed by atoms with Gasteiger partial charge in [0.05, 0.1) is 12.3 Å². The van der Waals surface area contributed by atoms with Gasteiger partial charge in [0.25, 0.3) is 5.91 Å². The van der Waals surface area contributed by atoms with Crippen molar-refractivity contribution >= 4 is 18.0 Å². The topological polar surface area (TPSA) is 118 Å². The van der Waals surface area contributed by atoms with Gasteiger partial charge in [-0.2, -0.15) is 5.10 Å². The maximum atomic E-state index is 10.5. The number of rotatable bonds is 4. The van der Waals surface area contributed by atoms with Crippen molar-refractivity contribution in [3.63, 3.8) is 0 Å². The molecule has 1 aromatic heterocycles. The molecule has 8 heteroatoms. The minimum Gasteiger partial charge on any atom is -0.400 e. The average molecular weight is 213 g/mol. The summed E-state index contributed by atoms with van der Waals surface area (Å²) in [7, 11) is 0. The molecule has 1 heterocycles. The molecule has 0 saturated heterocycles. The van der Waals surface area contributed by atoms with Gasteiger partial charge in [0.1, 0.15) is 11.5 Å². The molecule has 0 unspecified atom stereocenters. The Hall–Kier alpha value is -2.22. The zero-order chi connectivity index (χ0) is 11.3. The third-order valence-electron chi connectivity index (χ3n) is 1.32. The molecule has 0 fully saturated rings. The quantitative estimate of drug-likeness (QED) is 0.402. The van der Waals surface area contributed by atoms with Crippen LogP contribution < -0.4 is 5.43 Å². The summed E-state index contributed by atoms with van der Waals surface area (Å²) in [6.45, 7) is -0.685. The first kappa shape index (κ1) is 10.9. The third-order valence-corrected chi connectivity index (χ3v) is 1.32. The fourth-order valence-electron chi connectivity index (χ4n) is 0.713. The van der Waals surface area contributed by atoms with Crippen molar-refractivity contribution in [2.75, 3.05) is 6.61 Å². The lowest BCUT2D eigenvalue weighted by atomic mass is 10.5. The summed E-state index contributed by atoms with van der Waals surface area (Å²) >= 11 is 0. The molecule has 80 valence electrons. The van der Waals surface area contributed by atoms with Gasteiger partial charge in [-0.05, 0) is 6.07 Å². The highest BCUT2D eigenvalue weighted by Crippen LogP contribution is 2.13. The van der Waals surface area contributed by atoms with Crippen LogP contribution in [0.4, 0.5) is 5.88 Å². The summed E-state index contributed by atoms with van der Waals surface area (Å²) in [5.41, 5.74) is 1.97. The number of nitrogens with one attached hydrogen (secondary N) is 1. The van der Waals surface area contributed by atoms with Crippen molar-refractivity contribution in [2.24, 2.45) is 5.10 Å². The van der Waals surface area contributed by atoms with Gasteiger partial charge in [-0.15, -0.1) is 0 Å². The number of hydrazone groups is 1. The molecule has 1 amide bonds. The molecule has 0 radical (unpaired) electrons. The summed E-state index contributed by atoms with van der Waals surface area (Å²) in [5, 5.41) is 21.9. The Kier molecular flexibility index (Phi) is 3.52. The summed E-state index contributed by atoms with van der Waals surface area (Å²) < 4.78 is 4.70. The van der Waals surface area contributed by atoms with Crippen molar-refractivity contribution in [3.8, 4) is 0 Å². The van der Waals surface area contributed by atoms with Crippen molar-refractivity contribution in [1.29, 1.82) is 0 Å². The first-order valence-electron chi connectivity index (χ1n) is 3.80. The molecule has 0 bridgehead atoms. The van der Waals surface area contributed by atoms with E-state index in [1.54, 1.807) is 0 Å². The third kappa shape index (κ3) is 3.19. The lowest BCUT2D eigenvalue weighted by molar-refractivity contribution is -0.402. The van der Waals surface area contributed by atoms with Gasteiger partial charge in [-0.25, -0.2) is 5.43 Å². The molecule has 2 N–H and O–H groups in total. The van der Waals surface area contributed by atoms with Gasteiger partial charge in [0, 0.05) is 0 Å². The zero-order valence-corrected chi connectivity index (χ0v) is 7.41. The van der Waals surface area contributed by atoms with Crippen LogP contribution in [0.5, 0.6) is 0 Å². The van der Waals surface area contributed by atoms with Crippen LogP contribution in [0.15, 0.2) is 21.7 Å². The van der Waals surface area contributed by atoms with Gasteiger partial charge in [0.2, 0.25) is 0 Å². The number of amides is 1. The number of carbonyl (C=O) groups excluding carboxylic acids is 1. The monoisotopic (exact) mass is 213 g/mol. The van der Waals surface area contributed by atoms with Gasteiger partial charge < -0.3 is 9.52 Å². The fourth-order valence-corrected chi connectivity index (χ4v) is 0.713. The zero-order valence-electron chi connectivity index (χ0n) is 7.41. The molecule has 1 rings (SSSR count). The van der Waals surface area contributed by atoms with E-state index in [-0.39, 0.29) is 5.76 Å². The minimum atomic E-state index is -0.691. The number of hydrogen-bond donors (Lipinski definition) is 2. The molecule has 15 heavy (non-hydrogen) atoms. The largest absolute Gasteiger partial charge is 0.433 e. The smallest absolute Gasteiger partial charge is 0.400 e. The van der Waals surface area contributed by atoms with Crippen LogP contribution in [0.1, 0.15) is 5.76 Å². The first-order valence-corrected chi connectivity index (χ1v) is 3.80. The first-order chi connectivity index (χ1) is 7.13. The van der Waals surface area contributed by atoms with Gasteiger partial charge in [-0.3, -0.25) is 14.9 Å². The van der Waals surface area contributed by atoms with Crippen LogP contribution >= 0.6 is 0 Å². The number of carbonyl (C=O) groups is 1. The Morgan fingerprint density at radius 2 is 2.47 bits per heavy atom. The second-order valence-electron chi connectivity index (χ2n) is 2.38. The second kappa shape index (κ2) is 4.86. The van der Waals surface area contributed by atoms with E-state index < -0.39 is 23.3 Å². The number of nitrogens with zero attached hydrogens (tertiary/aromatic N) is 2. The van der Waals surface area contributed by atoms with Crippen LogP contribution in [0, 0.1) is 10.1 Å². The standard InChI is InChI=1S/C7H7N3O5/c11-4-6(12)9-8-3-5-1-2-7(15-5)10(13)14/h1-3,11H,4H2,(H,9,12)/b8-3-. The molecule has 0 aliphatic heterocycles. The minimum absolute atomic E-state index is 0.125. The molecule has 1 aromatic rings. The summed E-state index contributed by atoms with van der Waals surface area (Å²) in [6.07, 6.45) is 1.08. The SMILES string of the molecule is O=C(CO)N/N=C\c1ccc([N+](=O)[O-])o1. The Bertz CT molecular complexity index is 397. The summed E-state index contributed by atoms with van der Waals surface area (Å²) in [5.74, 6) is -0.975. The molecule has 0 aliphatic carbocycles. The molecule has 8 nitrogen and oxygen atoms in total. The van der Waals surface area contributed by atoms with E-state index in [0.717, 1.165) is 12.3 Å². The number of aliphatic hydroxyl groups excluding tert-OH is 1. The van der Waals surface area contributed by atoms with Crippen LogP contribution in [0.25, 0.3) is 0 Å². The predicted octanol–water partition coefficient (Wildman–Crippen LogP) is -0.370. The molecule has 0 aromatic carbocycles. The molecule has 0 saturated carbocycles. The van der Waals surface area contributed by atoms with Crippen molar-refractivity contribution in [3.05, 3.63) is 28.0 Å². The Labute approximate surface area is 83.3 Å². The highest BCUT2D eigenvalue weighted by molar-refractivity contribution is 5.80. The van der Waals surface area contributed by atoms with Crippen molar-refractivity contribution in [1.82, 2.24) is 5.43 Å². The van der Waals surface area contributed by atoms with Crippen LogP contribution in [-0.4, -0.2) is 28.8 Å². The Morgan fingerprint density at radius 1 is 1.73 bits per heavy atom. The van der Waals surface area contributed by atoms with E-state index in [9.17, 15) is 14.9 Å². The summed E-state index contributed by atoms with van der Waals surface area (Å²) in [4.78, 5) is 20.0. The van der Waals surface area contributed by atoms with E-state index >= 15 is 0 Å². The number of aliphatic hydroxyl groups is 1. The number of nitro groups is 1. The van der Waals surface area contributed by atoms with Crippen LogP contribution in [0.2, 0.25) is 0 Å². The van der Waals surface area contributed by atoms with Crippen LogP contribution in [0.3, 0.4) is 0 Å². The molecule has 0 aliphatic rings. The van der Waals surface area contributed by atoms with Crippen molar-refractivity contribution in [2.45, 2.75) is 0 Å². The lowest BCUT2D eigenvalue weighted by Crippen LogP contribution is -2.20. The highest BCUT2D eigenvalue weighted by Gasteiger charge is 2.10. The van der Waals surface area contributed by atoms with E-state index in [4.69, 9.17) is 9.52 Å². The van der Waals surface area contributed by atoms with Crippen LogP contribution in [-0.2, 0) is 4.79 Å². The van der Waals surface area contributed by atoms with Gasteiger partial charge >= 0.3 is 5.88 Å². The van der Waals surface area contributed by atoms with Crippen molar-refractivity contribution < 1.29 is 19.2 Å². The molecular formula is C7H7N3O5. The fraction of sp³-hybridized carbons (Fsp3) is 0.143. The lowest BCUT2D eigenvalue weighted by Gasteiger charge is -1.91. The molecular weight excluding hydrogens is 206 g/mol. The van der Waals surface area contributed by atoms with E-state index in [0.29, 0.717) is 0 Å². The normalized spacial score (nSPS) is 10.5. The van der Waals surface area contributed by atoms with E-state index in [1.807, 2.05) is 5.43 Å². The summed E-state index contributed by atoms with van der Waals surface area (Å²) in [6, 6.07) is 2.49. The molecule has 0 spiro atoms. The number of hydrogen-bond acceptors (Lipinski definition) is 6. The Balaban J connectivity index is 2.57. The van der Waals surface area contributed by atoms with E-state index in [1.165, 1.54) is 6.07 Å². The van der Waals surface area contributed by atoms with E-state index in [2.05, 4.69) is 5.10 Å². The highest BCUT2D eigenvalue weighted by atomic mass is 16.6. The van der Waals surface area contributed by atoms with Gasteiger partial charge in [-0.1, -0.05) is 0 Å². The Morgan fingerprint density at radius 3 is 3.00 bits per heavy atom. The number of furan rings is 1. The maximum absolute atomic E-state index is 10.5. The predicted molar refractivity (Wildman–Crippen MR) is 48.2 cm³/mol. The molecule has 0 atom stereocenters. The maximum Gasteiger partial charge on any atom is 0.433 e. The van der Waals surface area contributed by atoms with Gasteiger partial charge in [0.15, 0.2) is 5.76 Å².